The van der Waals surface area contributed by atoms with Crippen molar-refractivity contribution in [2.24, 2.45) is 0 Å². The van der Waals surface area contributed by atoms with Crippen molar-refractivity contribution in [2.75, 3.05) is 6.54 Å². The number of ketones is 1. The Morgan fingerprint density at radius 3 is 2.52 bits per heavy atom. The third-order valence-corrected chi connectivity index (χ3v) is 4.26. The first-order chi connectivity index (χ1) is 10.2. The minimum absolute atomic E-state index is 0.0382. The molecule has 1 aromatic heterocycles. The van der Waals surface area contributed by atoms with Gasteiger partial charge in [-0.3, -0.25) is 9.59 Å². The SMILES string of the molecule is C[C@H](CNC(=O)CCC(=O)c1cccs1)c1ccccc1. The maximum Gasteiger partial charge on any atom is 0.220 e. The van der Waals surface area contributed by atoms with Gasteiger partial charge in [0, 0.05) is 19.4 Å². The summed E-state index contributed by atoms with van der Waals surface area (Å²) in [5.74, 6) is 0.238. The Morgan fingerprint density at radius 2 is 1.86 bits per heavy atom. The number of carbonyl (C=O) groups excluding carboxylic acids is 2. The summed E-state index contributed by atoms with van der Waals surface area (Å²) in [7, 11) is 0. The maximum absolute atomic E-state index is 11.8. The fourth-order valence-electron chi connectivity index (χ4n) is 2.04. The number of amides is 1. The van der Waals surface area contributed by atoms with Crippen LogP contribution in [-0.2, 0) is 4.79 Å². The molecule has 0 aliphatic carbocycles. The van der Waals surface area contributed by atoms with E-state index in [0.717, 1.165) is 4.88 Å². The third-order valence-electron chi connectivity index (χ3n) is 3.35. The van der Waals surface area contributed by atoms with Crippen molar-refractivity contribution < 1.29 is 9.59 Å². The zero-order chi connectivity index (χ0) is 15.1. The van der Waals surface area contributed by atoms with Crippen molar-refractivity contribution >= 4 is 23.0 Å². The largest absolute Gasteiger partial charge is 0.355 e. The molecule has 4 heteroatoms. The van der Waals surface area contributed by atoms with Gasteiger partial charge in [0.2, 0.25) is 5.91 Å². The van der Waals surface area contributed by atoms with Crippen LogP contribution in [0.15, 0.2) is 47.8 Å². The second kappa shape index (κ2) is 7.74. The Morgan fingerprint density at radius 1 is 1.10 bits per heavy atom. The Kier molecular flexibility index (Phi) is 5.69. The van der Waals surface area contributed by atoms with Gasteiger partial charge in [0.15, 0.2) is 5.78 Å². The highest BCUT2D eigenvalue weighted by molar-refractivity contribution is 7.12. The van der Waals surface area contributed by atoms with Crippen molar-refractivity contribution in [1.29, 1.82) is 0 Å². The molecule has 0 fully saturated rings. The van der Waals surface area contributed by atoms with Gasteiger partial charge in [0.05, 0.1) is 4.88 Å². The number of hydrogen-bond donors (Lipinski definition) is 1. The van der Waals surface area contributed by atoms with E-state index in [4.69, 9.17) is 0 Å². The molecule has 0 radical (unpaired) electrons. The molecule has 21 heavy (non-hydrogen) atoms. The summed E-state index contributed by atoms with van der Waals surface area (Å²) in [5.41, 5.74) is 1.20. The van der Waals surface area contributed by atoms with E-state index in [2.05, 4.69) is 24.4 Å². The Bertz CT molecular complexity index is 578. The van der Waals surface area contributed by atoms with E-state index in [-0.39, 0.29) is 30.4 Å². The molecule has 0 aliphatic rings. The first kappa shape index (κ1) is 15.4. The van der Waals surface area contributed by atoms with Crippen LogP contribution in [0.5, 0.6) is 0 Å². The lowest BCUT2D eigenvalue weighted by Gasteiger charge is -2.12. The molecule has 0 saturated carbocycles. The normalized spacial score (nSPS) is 11.9. The molecule has 1 N–H and O–H groups in total. The van der Waals surface area contributed by atoms with E-state index in [0.29, 0.717) is 6.54 Å². The number of carbonyl (C=O) groups is 2. The van der Waals surface area contributed by atoms with Gasteiger partial charge in [-0.25, -0.2) is 0 Å². The van der Waals surface area contributed by atoms with Crippen LogP contribution in [0.25, 0.3) is 0 Å². The Hall–Kier alpha value is -1.94. The predicted octanol–water partition coefficient (Wildman–Crippen LogP) is 3.63. The second-order valence-corrected chi connectivity index (χ2v) is 5.96. The Labute approximate surface area is 129 Å². The molecule has 0 saturated heterocycles. The van der Waals surface area contributed by atoms with Crippen molar-refractivity contribution in [3.05, 3.63) is 58.3 Å². The summed E-state index contributed by atoms with van der Waals surface area (Å²) < 4.78 is 0. The number of thiophene rings is 1. The molecule has 110 valence electrons. The molecule has 0 bridgehead atoms. The molecular formula is C17H19NO2S. The quantitative estimate of drug-likeness (QED) is 0.794. The minimum atomic E-state index is -0.0670. The number of nitrogens with one attached hydrogen (secondary N) is 1. The van der Waals surface area contributed by atoms with E-state index in [1.807, 2.05) is 29.6 Å². The van der Waals surface area contributed by atoms with Crippen LogP contribution in [0.1, 0.15) is 40.9 Å². The van der Waals surface area contributed by atoms with Crippen molar-refractivity contribution in [2.45, 2.75) is 25.7 Å². The predicted molar refractivity (Wildman–Crippen MR) is 85.8 cm³/mol. The zero-order valence-corrected chi connectivity index (χ0v) is 12.9. The smallest absolute Gasteiger partial charge is 0.220 e. The fraction of sp³-hybridized carbons (Fsp3) is 0.294. The highest BCUT2D eigenvalue weighted by Crippen LogP contribution is 2.14. The van der Waals surface area contributed by atoms with Crippen molar-refractivity contribution in [3.63, 3.8) is 0 Å². The van der Waals surface area contributed by atoms with Crippen LogP contribution in [-0.4, -0.2) is 18.2 Å². The van der Waals surface area contributed by atoms with Gasteiger partial charge < -0.3 is 5.32 Å². The van der Waals surface area contributed by atoms with Crippen LogP contribution in [0, 0.1) is 0 Å². The van der Waals surface area contributed by atoms with Gasteiger partial charge in [0.25, 0.3) is 0 Å². The molecular weight excluding hydrogens is 282 g/mol. The van der Waals surface area contributed by atoms with Gasteiger partial charge in [-0.15, -0.1) is 11.3 Å². The fourth-order valence-corrected chi connectivity index (χ4v) is 2.74. The summed E-state index contributed by atoms with van der Waals surface area (Å²) in [6.45, 7) is 2.67. The second-order valence-electron chi connectivity index (χ2n) is 5.02. The Balaban J connectivity index is 1.71. The van der Waals surface area contributed by atoms with Gasteiger partial charge in [0.1, 0.15) is 0 Å². The molecule has 1 amide bonds. The van der Waals surface area contributed by atoms with Crippen LogP contribution in [0.3, 0.4) is 0 Å². The summed E-state index contributed by atoms with van der Waals surface area (Å²) in [6, 6.07) is 13.7. The number of Topliss-reactive ketones (excluding diaryl/α,β-unsaturated/α-hetero) is 1. The van der Waals surface area contributed by atoms with E-state index in [1.54, 1.807) is 6.07 Å². The van der Waals surface area contributed by atoms with E-state index in [1.165, 1.54) is 16.9 Å². The first-order valence-corrected chi connectivity index (χ1v) is 7.93. The van der Waals surface area contributed by atoms with E-state index in [9.17, 15) is 9.59 Å². The molecule has 0 aliphatic heterocycles. The molecule has 1 aromatic carbocycles. The molecule has 1 atom stereocenters. The van der Waals surface area contributed by atoms with Crippen LogP contribution >= 0.6 is 11.3 Å². The molecule has 1 heterocycles. The maximum atomic E-state index is 11.8. The molecule has 2 rings (SSSR count). The number of rotatable bonds is 7. The van der Waals surface area contributed by atoms with Crippen molar-refractivity contribution in [3.8, 4) is 0 Å². The van der Waals surface area contributed by atoms with E-state index < -0.39 is 0 Å². The summed E-state index contributed by atoms with van der Waals surface area (Å²) >= 11 is 1.42. The number of benzene rings is 1. The lowest BCUT2D eigenvalue weighted by atomic mass is 10.0. The first-order valence-electron chi connectivity index (χ1n) is 7.05. The summed E-state index contributed by atoms with van der Waals surface area (Å²) in [5, 5.41) is 4.76. The monoisotopic (exact) mass is 301 g/mol. The van der Waals surface area contributed by atoms with Gasteiger partial charge in [-0.1, -0.05) is 43.3 Å². The van der Waals surface area contributed by atoms with Crippen LogP contribution in [0.2, 0.25) is 0 Å². The molecule has 2 aromatic rings. The lowest BCUT2D eigenvalue weighted by molar-refractivity contribution is -0.121. The van der Waals surface area contributed by atoms with Gasteiger partial charge in [-0.2, -0.15) is 0 Å². The standard InChI is InChI=1S/C17H19NO2S/c1-13(14-6-3-2-4-7-14)12-18-17(20)10-9-15(19)16-8-5-11-21-16/h2-8,11,13H,9-10,12H2,1H3,(H,18,20)/t13-/m1/s1. The average Bonchev–Trinajstić information content (AvgIpc) is 3.05. The van der Waals surface area contributed by atoms with Crippen LogP contribution in [0.4, 0.5) is 0 Å². The summed E-state index contributed by atoms with van der Waals surface area (Å²) in [4.78, 5) is 24.3. The molecule has 0 spiro atoms. The third kappa shape index (κ3) is 4.83. The minimum Gasteiger partial charge on any atom is -0.355 e. The molecule has 3 nitrogen and oxygen atoms in total. The highest BCUT2D eigenvalue weighted by Gasteiger charge is 2.11. The van der Waals surface area contributed by atoms with Gasteiger partial charge >= 0.3 is 0 Å². The lowest BCUT2D eigenvalue weighted by Crippen LogP contribution is -2.27. The van der Waals surface area contributed by atoms with E-state index >= 15 is 0 Å². The average molecular weight is 301 g/mol. The number of hydrogen-bond acceptors (Lipinski definition) is 3. The summed E-state index contributed by atoms with van der Waals surface area (Å²) in [6.07, 6.45) is 0.518. The van der Waals surface area contributed by atoms with Crippen molar-refractivity contribution in [1.82, 2.24) is 5.32 Å². The van der Waals surface area contributed by atoms with Gasteiger partial charge in [-0.05, 0) is 22.9 Å². The highest BCUT2D eigenvalue weighted by atomic mass is 32.1. The molecule has 0 unspecified atom stereocenters. The topological polar surface area (TPSA) is 46.2 Å². The zero-order valence-electron chi connectivity index (χ0n) is 12.0. The van der Waals surface area contributed by atoms with Crippen LogP contribution < -0.4 is 5.32 Å².